The summed E-state index contributed by atoms with van der Waals surface area (Å²) in [7, 11) is 0. The van der Waals surface area contributed by atoms with Crippen molar-refractivity contribution in [3.05, 3.63) is 70.5 Å². The Morgan fingerprint density at radius 2 is 1.53 bits per heavy atom. The molecule has 0 spiro atoms. The number of primary amides is 1. The van der Waals surface area contributed by atoms with Gasteiger partial charge in [0.15, 0.2) is 11.6 Å². The van der Waals surface area contributed by atoms with E-state index in [1.165, 1.54) is 34.1 Å². The number of nitrogens with two attached hydrogens (primary N) is 1. The molecule has 4 heterocycles. The highest BCUT2D eigenvalue weighted by atomic mass is 35.5. The van der Waals surface area contributed by atoms with Crippen LogP contribution in [0.3, 0.4) is 0 Å². The van der Waals surface area contributed by atoms with Gasteiger partial charge in [0.1, 0.15) is 25.1 Å². The largest absolute Gasteiger partial charge is 0.368 e. The standard InChI is InChI=1S/C31H31ClFN3O7/c32-19-5-1-17(2-6-19)13-21(28(39)35-11-9-24-27(35)23(37)15-42-24)22(14-18-3-7-20(33)8-4-18)29(40)36-12-10-26-31(36,30(34)41)25(38)16-43-26/h1-8,21-22,24,26-27H,9-16H2,(H2,34,41). The summed E-state index contributed by atoms with van der Waals surface area (Å²) >= 11 is 6.12. The van der Waals surface area contributed by atoms with E-state index in [4.69, 9.17) is 26.8 Å². The fourth-order valence-electron chi connectivity index (χ4n) is 7.15. The Morgan fingerprint density at radius 1 is 0.907 bits per heavy atom. The minimum atomic E-state index is -1.97. The molecule has 6 rings (SSSR count). The topological polar surface area (TPSA) is 136 Å². The van der Waals surface area contributed by atoms with Crippen LogP contribution in [0.2, 0.25) is 5.02 Å². The van der Waals surface area contributed by atoms with Crippen LogP contribution in [0.4, 0.5) is 4.39 Å². The fraction of sp³-hybridized carbons (Fsp3) is 0.452. The van der Waals surface area contributed by atoms with E-state index in [-0.39, 0.29) is 51.3 Å². The predicted octanol–water partition coefficient (Wildman–Crippen LogP) is 1.49. The lowest BCUT2D eigenvalue weighted by Gasteiger charge is -2.38. The van der Waals surface area contributed by atoms with Gasteiger partial charge in [-0.05, 0) is 61.1 Å². The molecule has 0 aromatic heterocycles. The second-order valence-corrected chi connectivity index (χ2v) is 12.0. The first-order valence-electron chi connectivity index (χ1n) is 14.3. The Bertz CT molecular complexity index is 1470. The molecule has 6 atom stereocenters. The molecule has 12 heteroatoms. The normalized spacial score (nSPS) is 27.7. The Morgan fingerprint density at radius 3 is 2.19 bits per heavy atom. The number of carbonyl (C=O) groups excluding carboxylic acids is 5. The molecule has 10 nitrogen and oxygen atoms in total. The molecule has 3 amide bonds. The number of halogens is 2. The van der Waals surface area contributed by atoms with Gasteiger partial charge in [0.2, 0.25) is 17.4 Å². The zero-order valence-corrected chi connectivity index (χ0v) is 24.0. The first-order chi connectivity index (χ1) is 20.6. The molecule has 2 N–H and O–H groups in total. The molecule has 0 bridgehead atoms. The number of fused-ring (bicyclic) bond motifs is 2. The highest BCUT2D eigenvalue weighted by Crippen LogP contribution is 2.41. The number of amides is 3. The lowest BCUT2D eigenvalue weighted by molar-refractivity contribution is -0.156. The summed E-state index contributed by atoms with van der Waals surface area (Å²) in [4.78, 5) is 70.6. The van der Waals surface area contributed by atoms with Crippen molar-refractivity contribution < 1.29 is 37.8 Å². The van der Waals surface area contributed by atoms with Crippen molar-refractivity contribution in [2.75, 3.05) is 26.3 Å². The number of hydrogen-bond donors (Lipinski definition) is 1. The Hall–Kier alpha value is -3.67. The number of rotatable bonds is 8. The molecule has 4 aliphatic heterocycles. The molecule has 0 saturated carbocycles. The van der Waals surface area contributed by atoms with E-state index in [9.17, 15) is 28.4 Å². The average molecular weight is 612 g/mol. The van der Waals surface area contributed by atoms with Crippen molar-refractivity contribution in [1.82, 2.24) is 9.80 Å². The van der Waals surface area contributed by atoms with E-state index in [1.807, 2.05) is 0 Å². The maximum absolute atomic E-state index is 14.7. The summed E-state index contributed by atoms with van der Waals surface area (Å²) in [5.74, 6) is -5.41. The molecule has 226 valence electrons. The SMILES string of the molecule is NC(=O)C12C(=O)COC1CCN2C(=O)C(Cc1ccc(F)cc1)C(Cc1ccc(Cl)cc1)C(=O)N1CCC2OCC(=O)C21. The second-order valence-electron chi connectivity index (χ2n) is 11.6. The molecular weight excluding hydrogens is 581 g/mol. The second kappa shape index (κ2) is 11.4. The smallest absolute Gasteiger partial charge is 0.254 e. The van der Waals surface area contributed by atoms with Gasteiger partial charge in [-0.3, -0.25) is 24.0 Å². The number of benzene rings is 2. The number of nitrogens with zero attached hydrogens (tertiary/aromatic N) is 2. The van der Waals surface area contributed by atoms with Crippen LogP contribution in [0.15, 0.2) is 48.5 Å². The van der Waals surface area contributed by atoms with E-state index >= 15 is 0 Å². The molecule has 6 unspecified atom stereocenters. The molecule has 0 radical (unpaired) electrons. The summed E-state index contributed by atoms with van der Waals surface area (Å²) in [6.07, 6.45) is -0.490. The van der Waals surface area contributed by atoms with Crippen LogP contribution in [0.1, 0.15) is 24.0 Å². The number of likely N-dealkylation sites (tertiary alicyclic amines) is 2. The van der Waals surface area contributed by atoms with E-state index in [0.29, 0.717) is 22.6 Å². The van der Waals surface area contributed by atoms with Crippen LogP contribution in [0.25, 0.3) is 0 Å². The third kappa shape index (κ3) is 5.03. The van der Waals surface area contributed by atoms with E-state index in [2.05, 4.69) is 0 Å². The van der Waals surface area contributed by atoms with E-state index in [1.54, 1.807) is 24.3 Å². The van der Waals surface area contributed by atoms with Gasteiger partial charge in [0.25, 0.3) is 5.91 Å². The van der Waals surface area contributed by atoms with Crippen LogP contribution in [-0.2, 0) is 46.3 Å². The maximum atomic E-state index is 14.7. The van der Waals surface area contributed by atoms with Crippen LogP contribution in [0.5, 0.6) is 0 Å². The number of hydrogen-bond acceptors (Lipinski definition) is 7. The van der Waals surface area contributed by atoms with Gasteiger partial charge in [-0.25, -0.2) is 4.39 Å². The van der Waals surface area contributed by atoms with Crippen molar-refractivity contribution in [3.63, 3.8) is 0 Å². The summed E-state index contributed by atoms with van der Waals surface area (Å²) in [5.41, 5.74) is 5.11. The Labute approximate surface area is 252 Å². The Kier molecular flexibility index (Phi) is 7.82. The lowest BCUT2D eigenvalue weighted by atomic mass is 9.79. The third-order valence-electron chi connectivity index (χ3n) is 9.24. The number of ketones is 2. The van der Waals surface area contributed by atoms with Crippen LogP contribution < -0.4 is 5.73 Å². The highest BCUT2D eigenvalue weighted by Gasteiger charge is 2.65. The zero-order valence-electron chi connectivity index (χ0n) is 23.2. The molecule has 43 heavy (non-hydrogen) atoms. The molecule has 2 aromatic carbocycles. The molecule has 4 saturated heterocycles. The molecule has 4 aliphatic rings. The minimum absolute atomic E-state index is 0.000543. The van der Waals surface area contributed by atoms with E-state index in [0.717, 1.165) is 0 Å². The number of carbonyl (C=O) groups is 5. The van der Waals surface area contributed by atoms with Crippen molar-refractivity contribution in [2.45, 2.75) is 49.5 Å². The van der Waals surface area contributed by atoms with Gasteiger partial charge in [-0.15, -0.1) is 0 Å². The van der Waals surface area contributed by atoms with Crippen molar-refractivity contribution >= 4 is 40.9 Å². The highest BCUT2D eigenvalue weighted by molar-refractivity contribution is 6.30. The van der Waals surface area contributed by atoms with Gasteiger partial charge in [0.05, 0.1) is 24.0 Å². The summed E-state index contributed by atoms with van der Waals surface area (Å²) < 4.78 is 25.0. The van der Waals surface area contributed by atoms with Crippen LogP contribution >= 0.6 is 11.6 Å². The average Bonchev–Trinajstić information content (AvgIpc) is 3.75. The summed E-state index contributed by atoms with van der Waals surface area (Å²) in [5, 5.41) is 0.493. The van der Waals surface area contributed by atoms with Gasteiger partial charge in [-0.1, -0.05) is 35.9 Å². The van der Waals surface area contributed by atoms with Crippen molar-refractivity contribution in [2.24, 2.45) is 17.6 Å². The van der Waals surface area contributed by atoms with Crippen molar-refractivity contribution in [3.8, 4) is 0 Å². The van der Waals surface area contributed by atoms with Gasteiger partial charge >= 0.3 is 0 Å². The fourth-order valence-corrected chi connectivity index (χ4v) is 7.27. The molecule has 4 fully saturated rings. The quantitative estimate of drug-likeness (QED) is 0.447. The van der Waals surface area contributed by atoms with Gasteiger partial charge in [0, 0.05) is 18.1 Å². The molecule has 2 aromatic rings. The maximum Gasteiger partial charge on any atom is 0.254 e. The van der Waals surface area contributed by atoms with E-state index < -0.39 is 64.9 Å². The number of Topliss-reactive ketones (excluding diaryl/α,β-unsaturated/α-hetero) is 2. The zero-order chi connectivity index (χ0) is 30.5. The van der Waals surface area contributed by atoms with Crippen molar-refractivity contribution in [1.29, 1.82) is 0 Å². The first-order valence-corrected chi connectivity index (χ1v) is 14.7. The van der Waals surface area contributed by atoms with Crippen LogP contribution in [0, 0.1) is 17.7 Å². The minimum Gasteiger partial charge on any atom is -0.368 e. The predicted molar refractivity (Wildman–Crippen MR) is 150 cm³/mol. The Balaban J connectivity index is 1.43. The molecular formula is C31H31ClFN3O7. The third-order valence-corrected chi connectivity index (χ3v) is 9.49. The summed E-state index contributed by atoms with van der Waals surface area (Å²) in [6.45, 7) is -0.137. The lowest BCUT2D eigenvalue weighted by Crippen LogP contribution is -2.65. The van der Waals surface area contributed by atoms with Gasteiger partial charge in [-0.2, -0.15) is 0 Å². The van der Waals surface area contributed by atoms with Crippen LogP contribution in [-0.4, -0.2) is 89.2 Å². The summed E-state index contributed by atoms with van der Waals surface area (Å²) in [6, 6.07) is 11.7. The van der Waals surface area contributed by atoms with Gasteiger partial charge < -0.3 is 25.0 Å². The number of ether oxygens (including phenoxy) is 2. The molecule has 0 aliphatic carbocycles. The monoisotopic (exact) mass is 611 g/mol. The first kappa shape index (κ1) is 29.4.